The van der Waals surface area contributed by atoms with Crippen molar-refractivity contribution in [2.45, 2.75) is 26.2 Å². The number of aryl methyl sites for hydroxylation is 1. The molecule has 5 nitrogen and oxygen atoms in total. The van der Waals surface area contributed by atoms with Crippen molar-refractivity contribution in [1.82, 2.24) is 4.98 Å². The highest BCUT2D eigenvalue weighted by Gasteiger charge is 2.23. The summed E-state index contributed by atoms with van der Waals surface area (Å²) in [6, 6.07) is 13.9. The predicted molar refractivity (Wildman–Crippen MR) is 93.9 cm³/mol. The quantitative estimate of drug-likeness (QED) is 0.860. The molecule has 0 aliphatic carbocycles. The van der Waals surface area contributed by atoms with Gasteiger partial charge in [-0.15, -0.1) is 0 Å². The summed E-state index contributed by atoms with van der Waals surface area (Å²) >= 11 is 0. The SMILES string of the molecule is Cc1ccc(NCCCC(=O)N2CCc3ccccc32)nc1C#N. The fourth-order valence-corrected chi connectivity index (χ4v) is 2.93. The van der Waals surface area contributed by atoms with Gasteiger partial charge in [-0.25, -0.2) is 4.98 Å². The molecule has 0 saturated heterocycles. The number of para-hydroxylation sites is 1. The van der Waals surface area contributed by atoms with Crippen LogP contribution in [-0.2, 0) is 11.2 Å². The smallest absolute Gasteiger partial charge is 0.227 e. The maximum absolute atomic E-state index is 12.4. The molecule has 2 heterocycles. The van der Waals surface area contributed by atoms with Crippen molar-refractivity contribution in [3.8, 4) is 6.07 Å². The molecule has 3 rings (SSSR count). The fourth-order valence-electron chi connectivity index (χ4n) is 2.93. The first-order chi connectivity index (χ1) is 11.7. The Balaban J connectivity index is 1.49. The first-order valence-corrected chi connectivity index (χ1v) is 8.19. The summed E-state index contributed by atoms with van der Waals surface area (Å²) < 4.78 is 0. The van der Waals surface area contributed by atoms with E-state index in [9.17, 15) is 4.79 Å². The van der Waals surface area contributed by atoms with Gasteiger partial charge in [0.15, 0.2) is 0 Å². The zero-order chi connectivity index (χ0) is 16.9. The molecule has 1 N–H and O–H groups in total. The van der Waals surface area contributed by atoms with Crippen LogP contribution in [0.5, 0.6) is 0 Å². The van der Waals surface area contributed by atoms with Crippen LogP contribution in [-0.4, -0.2) is 24.0 Å². The second kappa shape index (κ2) is 7.14. The van der Waals surface area contributed by atoms with Gasteiger partial charge in [-0.05, 0) is 43.0 Å². The van der Waals surface area contributed by atoms with Crippen LogP contribution < -0.4 is 10.2 Å². The van der Waals surface area contributed by atoms with Gasteiger partial charge < -0.3 is 10.2 Å². The maximum atomic E-state index is 12.4. The van der Waals surface area contributed by atoms with Crippen molar-refractivity contribution < 1.29 is 4.79 Å². The Morgan fingerprint density at radius 2 is 2.17 bits per heavy atom. The third kappa shape index (κ3) is 3.38. The van der Waals surface area contributed by atoms with E-state index in [0.717, 1.165) is 30.6 Å². The van der Waals surface area contributed by atoms with Gasteiger partial charge in [-0.2, -0.15) is 5.26 Å². The molecule has 1 aliphatic rings. The summed E-state index contributed by atoms with van der Waals surface area (Å²) in [4.78, 5) is 18.5. The van der Waals surface area contributed by atoms with Crippen LogP contribution >= 0.6 is 0 Å². The monoisotopic (exact) mass is 320 g/mol. The number of hydrogen-bond donors (Lipinski definition) is 1. The molecule has 1 aromatic carbocycles. The highest BCUT2D eigenvalue weighted by molar-refractivity contribution is 5.95. The van der Waals surface area contributed by atoms with E-state index in [-0.39, 0.29) is 5.91 Å². The average molecular weight is 320 g/mol. The van der Waals surface area contributed by atoms with Crippen LogP contribution in [0.3, 0.4) is 0 Å². The van der Waals surface area contributed by atoms with E-state index < -0.39 is 0 Å². The lowest BCUT2D eigenvalue weighted by atomic mass is 10.2. The van der Waals surface area contributed by atoms with E-state index in [1.807, 2.05) is 42.2 Å². The molecule has 0 unspecified atom stereocenters. The minimum Gasteiger partial charge on any atom is -0.370 e. The van der Waals surface area contributed by atoms with E-state index in [1.165, 1.54) is 5.56 Å². The van der Waals surface area contributed by atoms with Gasteiger partial charge in [0.2, 0.25) is 5.91 Å². The lowest BCUT2D eigenvalue weighted by Crippen LogP contribution is -2.29. The number of fused-ring (bicyclic) bond motifs is 1. The summed E-state index contributed by atoms with van der Waals surface area (Å²) in [7, 11) is 0. The third-order valence-electron chi connectivity index (χ3n) is 4.26. The fraction of sp³-hybridized carbons (Fsp3) is 0.316. The minimum atomic E-state index is 0.163. The van der Waals surface area contributed by atoms with E-state index in [4.69, 9.17) is 5.26 Å². The Labute approximate surface area is 141 Å². The molecular formula is C19H20N4O. The minimum absolute atomic E-state index is 0.163. The van der Waals surface area contributed by atoms with E-state index in [0.29, 0.717) is 24.5 Å². The molecule has 5 heteroatoms. The van der Waals surface area contributed by atoms with Crippen LogP contribution in [0.4, 0.5) is 11.5 Å². The van der Waals surface area contributed by atoms with Crippen molar-refractivity contribution in [3.05, 3.63) is 53.2 Å². The zero-order valence-corrected chi connectivity index (χ0v) is 13.7. The maximum Gasteiger partial charge on any atom is 0.227 e. The number of nitrogens with one attached hydrogen (secondary N) is 1. The first-order valence-electron chi connectivity index (χ1n) is 8.19. The second-order valence-corrected chi connectivity index (χ2v) is 5.93. The lowest BCUT2D eigenvalue weighted by molar-refractivity contribution is -0.118. The number of benzene rings is 1. The van der Waals surface area contributed by atoms with E-state index in [1.54, 1.807) is 0 Å². The Kier molecular flexibility index (Phi) is 4.76. The highest BCUT2D eigenvalue weighted by Crippen LogP contribution is 2.28. The van der Waals surface area contributed by atoms with Gasteiger partial charge in [0.25, 0.3) is 0 Å². The zero-order valence-electron chi connectivity index (χ0n) is 13.7. The van der Waals surface area contributed by atoms with Crippen LogP contribution in [0.25, 0.3) is 0 Å². The summed E-state index contributed by atoms with van der Waals surface area (Å²) in [5.41, 5.74) is 3.60. The number of hydrogen-bond acceptors (Lipinski definition) is 4. The summed E-state index contributed by atoms with van der Waals surface area (Å²) in [6.07, 6.45) is 2.16. The molecule has 1 amide bonds. The van der Waals surface area contributed by atoms with Crippen molar-refractivity contribution >= 4 is 17.4 Å². The molecule has 0 atom stereocenters. The third-order valence-corrected chi connectivity index (χ3v) is 4.26. The second-order valence-electron chi connectivity index (χ2n) is 5.93. The standard InChI is InChI=1S/C19H20N4O/c1-14-8-9-18(22-16(14)13-20)21-11-4-7-19(24)23-12-10-15-5-2-3-6-17(15)23/h2-3,5-6,8-9H,4,7,10-12H2,1H3,(H,21,22). The number of carbonyl (C=O) groups excluding carboxylic acids is 1. The predicted octanol–water partition coefficient (Wildman–Crippen LogP) is 3.04. The molecule has 0 spiro atoms. The molecule has 0 radical (unpaired) electrons. The van der Waals surface area contributed by atoms with Gasteiger partial charge in [0.05, 0.1) is 0 Å². The molecule has 2 aromatic rings. The van der Waals surface area contributed by atoms with Crippen LogP contribution in [0, 0.1) is 18.3 Å². The van der Waals surface area contributed by atoms with Gasteiger partial charge in [0.1, 0.15) is 17.6 Å². The van der Waals surface area contributed by atoms with Gasteiger partial charge >= 0.3 is 0 Å². The Morgan fingerprint density at radius 1 is 1.33 bits per heavy atom. The lowest BCUT2D eigenvalue weighted by Gasteiger charge is -2.17. The normalized spacial score (nSPS) is 12.6. The Hall–Kier alpha value is -2.87. The molecule has 0 fully saturated rings. The Bertz CT molecular complexity index is 794. The molecule has 122 valence electrons. The van der Waals surface area contributed by atoms with Crippen LogP contribution in [0.1, 0.15) is 29.7 Å². The van der Waals surface area contributed by atoms with Crippen molar-refractivity contribution in [2.24, 2.45) is 0 Å². The number of pyridine rings is 1. The van der Waals surface area contributed by atoms with E-state index >= 15 is 0 Å². The van der Waals surface area contributed by atoms with Crippen molar-refractivity contribution in [3.63, 3.8) is 0 Å². The first kappa shape index (κ1) is 16.0. The molecule has 0 bridgehead atoms. The molecule has 1 aliphatic heterocycles. The van der Waals surface area contributed by atoms with Crippen molar-refractivity contribution in [1.29, 1.82) is 5.26 Å². The Morgan fingerprint density at radius 3 is 3.00 bits per heavy atom. The molecule has 1 aromatic heterocycles. The molecular weight excluding hydrogens is 300 g/mol. The number of anilines is 2. The molecule has 0 saturated carbocycles. The number of nitriles is 1. The van der Waals surface area contributed by atoms with Crippen molar-refractivity contribution in [2.75, 3.05) is 23.3 Å². The highest BCUT2D eigenvalue weighted by atomic mass is 16.2. The number of rotatable bonds is 5. The summed E-state index contributed by atoms with van der Waals surface area (Å²) in [5, 5.41) is 12.2. The van der Waals surface area contributed by atoms with Crippen LogP contribution in [0.2, 0.25) is 0 Å². The molecule has 24 heavy (non-hydrogen) atoms. The van der Waals surface area contributed by atoms with Gasteiger partial charge in [0, 0.05) is 25.2 Å². The van der Waals surface area contributed by atoms with E-state index in [2.05, 4.69) is 22.4 Å². The topological polar surface area (TPSA) is 69.0 Å². The van der Waals surface area contributed by atoms with Gasteiger partial charge in [-0.1, -0.05) is 24.3 Å². The summed E-state index contributed by atoms with van der Waals surface area (Å²) in [5.74, 6) is 0.840. The largest absolute Gasteiger partial charge is 0.370 e. The average Bonchev–Trinajstić information content (AvgIpc) is 3.04. The van der Waals surface area contributed by atoms with Gasteiger partial charge in [-0.3, -0.25) is 4.79 Å². The number of aromatic nitrogens is 1. The van der Waals surface area contributed by atoms with Crippen LogP contribution in [0.15, 0.2) is 36.4 Å². The number of nitrogens with zero attached hydrogens (tertiary/aromatic N) is 3. The number of amides is 1. The number of carbonyl (C=O) groups is 1. The summed E-state index contributed by atoms with van der Waals surface area (Å²) in [6.45, 7) is 3.29.